The summed E-state index contributed by atoms with van der Waals surface area (Å²) in [4.78, 5) is 0.438. The number of hydrogen-bond donors (Lipinski definition) is 4. The number of nitrogens with two attached hydrogens (primary N) is 4. The molecule has 0 radical (unpaired) electrons. The van der Waals surface area contributed by atoms with Gasteiger partial charge in [0.05, 0.1) is 21.2 Å². The van der Waals surface area contributed by atoms with Crippen LogP contribution in [0, 0.1) is 6.92 Å². The number of sulfone groups is 1. The topological polar surface area (TPSA) is 138 Å². The lowest BCUT2D eigenvalue weighted by molar-refractivity contribution is 0.596. The van der Waals surface area contributed by atoms with E-state index in [1.54, 1.807) is 24.3 Å². The molecule has 3 aromatic rings. The van der Waals surface area contributed by atoms with Gasteiger partial charge in [0.1, 0.15) is 0 Å². The number of anilines is 4. The van der Waals surface area contributed by atoms with Crippen molar-refractivity contribution >= 4 is 32.6 Å². The fraction of sp³-hybridized carbons (Fsp3) is 0.217. The molecule has 0 spiro atoms. The first-order chi connectivity index (χ1) is 14.1. The van der Waals surface area contributed by atoms with Crippen molar-refractivity contribution in [2.75, 3.05) is 22.9 Å². The Balaban J connectivity index is 0.000000222. The summed E-state index contributed by atoms with van der Waals surface area (Å²) < 4.78 is 24.3. The van der Waals surface area contributed by atoms with Crippen LogP contribution in [0.5, 0.6) is 0 Å². The van der Waals surface area contributed by atoms with E-state index in [9.17, 15) is 8.42 Å². The number of aryl methyl sites for hydroxylation is 2. The summed E-state index contributed by atoms with van der Waals surface area (Å²) in [6.07, 6.45) is 1.98. The van der Waals surface area contributed by atoms with Crippen LogP contribution in [0.25, 0.3) is 0 Å². The van der Waals surface area contributed by atoms with Gasteiger partial charge in [0.2, 0.25) is 9.84 Å². The van der Waals surface area contributed by atoms with Crippen molar-refractivity contribution in [2.24, 2.45) is 0 Å². The minimum atomic E-state index is -3.48. The van der Waals surface area contributed by atoms with Gasteiger partial charge in [-0.15, -0.1) is 0 Å². The normalized spacial score (nSPS) is 10.9. The maximum atomic E-state index is 12.2. The highest BCUT2D eigenvalue weighted by atomic mass is 32.2. The molecule has 0 unspecified atom stereocenters. The first-order valence-electron chi connectivity index (χ1n) is 9.74. The minimum Gasteiger partial charge on any atom is -0.399 e. The quantitative estimate of drug-likeness (QED) is 0.466. The SMILES string of the molecule is CCc1cc(C)c(N)c(N)c1CC.Nc1ccc(S(=O)(=O)c2ccc(N)cc2)cc1. The zero-order valence-electron chi connectivity index (χ0n) is 17.6. The van der Waals surface area contributed by atoms with E-state index in [1.807, 2.05) is 6.92 Å². The molecule has 0 saturated carbocycles. The molecular weight excluding hydrogens is 396 g/mol. The first kappa shape index (κ1) is 23.1. The van der Waals surface area contributed by atoms with Gasteiger partial charge in [-0.2, -0.15) is 0 Å². The van der Waals surface area contributed by atoms with Crippen LogP contribution in [-0.2, 0) is 22.7 Å². The van der Waals surface area contributed by atoms with Gasteiger partial charge >= 0.3 is 0 Å². The van der Waals surface area contributed by atoms with E-state index in [0.717, 1.165) is 29.8 Å². The van der Waals surface area contributed by atoms with Gasteiger partial charge in [-0.05, 0) is 85.0 Å². The maximum absolute atomic E-state index is 12.2. The van der Waals surface area contributed by atoms with Gasteiger partial charge in [0, 0.05) is 11.4 Å². The lowest BCUT2D eigenvalue weighted by Gasteiger charge is -2.14. The molecule has 0 heterocycles. The average molecular weight is 427 g/mol. The highest BCUT2D eigenvalue weighted by Gasteiger charge is 2.16. The van der Waals surface area contributed by atoms with E-state index < -0.39 is 9.84 Å². The molecule has 0 aromatic heterocycles. The average Bonchev–Trinajstić information content (AvgIpc) is 2.73. The first-order valence-corrected chi connectivity index (χ1v) is 11.2. The number of benzene rings is 3. The molecule has 0 amide bonds. The van der Waals surface area contributed by atoms with E-state index in [2.05, 4.69) is 19.9 Å². The van der Waals surface area contributed by atoms with E-state index in [4.69, 9.17) is 22.9 Å². The van der Waals surface area contributed by atoms with Crippen molar-refractivity contribution in [2.45, 2.75) is 43.4 Å². The van der Waals surface area contributed by atoms with Gasteiger partial charge in [-0.1, -0.05) is 19.9 Å². The molecule has 7 heteroatoms. The Morgan fingerprint density at radius 2 is 1.13 bits per heavy atom. The summed E-state index contributed by atoms with van der Waals surface area (Å²) in [5, 5.41) is 0. The third kappa shape index (κ3) is 5.04. The van der Waals surface area contributed by atoms with Crippen LogP contribution in [0.15, 0.2) is 64.4 Å². The lowest BCUT2D eigenvalue weighted by Crippen LogP contribution is -2.05. The number of nitrogen functional groups attached to an aromatic ring is 4. The maximum Gasteiger partial charge on any atom is 0.206 e. The van der Waals surface area contributed by atoms with Crippen molar-refractivity contribution in [3.05, 3.63) is 71.3 Å². The summed E-state index contributed by atoms with van der Waals surface area (Å²) in [5.74, 6) is 0. The highest BCUT2D eigenvalue weighted by Crippen LogP contribution is 2.28. The van der Waals surface area contributed by atoms with Crippen LogP contribution >= 0.6 is 0 Å². The van der Waals surface area contributed by atoms with Crippen LogP contribution in [0.3, 0.4) is 0 Å². The van der Waals surface area contributed by atoms with Gasteiger partial charge in [0.15, 0.2) is 0 Å². The molecule has 0 atom stereocenters. The molecule has 3 aromatic carbocycles. The molecule has 8 N–H and O–H groups in total. The summed E-state index contributed by atoms with van der Waals surface area (Å²) in [5.41, 5.74) is 29.0. The van der Waals surface area contributed by atoms with Crippen LogP contribution in [0.2, 0.25) is 0 Å². The Morgan fingerprint density at radius 1 is 0.700 bits per heavy atom. The smallest absolute Gasteiger partial charge is 0.206 e. The standard InChI is InChI=1S/C12H12N2O2S.C11H18N2/c13-9-1-5-11(6-2-9)17(15,16)12-7-3-10(14)4-8-12;1-4-8-6-7(3)10(12)11(13)9(8)5-2/h1-8H,13-14H2;6H,4-5,12-13H2,1-3H3. The monoisotopic (exact) mass is 426 g/mol. The zero-order valence-corrected chi connectivity index (χ0v) is 18.5. The number of rotatable bonds is 4. The fourth-order valence-corrected chi connectivity index (χ4v) is 4.40. The Bertz CT molecular complexity index is 1060. The van der Waals surface area contributed by atoms with Crippen molar-refractivity contribution < 1.29 is 8.42 Å². The van der Waals surface area contributed by atoms with E-state index in [0.29, 0.717) is 11.4 Å². The van der Waals surface area contributed by atoms with Crippen LogP contribution in [0.1, 0.15) is 30.5 Å². The molecule has 0 aliphatic carbocycles. The van der Waals surface area contributed by atoms with E-state index in [1.165, 1.54) is 35.4 Å². The molecule has 3 rings (SSSR count). The van der Waals surface area contributed by atoms with Crippen LogP contribution in [-0.4, -0.2) is 8.42 Å². The van der Waals surface area contributed by atoms with Crippen molar-refractivity contribution in [1.82, 2.24) is 0 Å². The van der Waals surface area contributed by atoms with Crippen molar-refractivity contribution in [3.8, 4) is 0 Å². The third-order valence-electron chi connectivity index (χ3n) is 4.93. The van der Waals surface area contributed by atoms with Crippen LogP contribution in [0.4, 0.5) is 22.7 Å². The third-order valence-corrected chi connectivity index (χ3v) is 6.72. The molecule has 0 fully saturated rings. The Hall–Kier alpha value is -3.19. The van der Waals surface area contributed by atoms with Crippen LogP contribution < -0.4 is 22.9 Å². The van der Waals surface area contributed by atoms with Crippen molar-refractivity contribution in [3.63, 3.8) is 0 Å². The summed E-state index contributed by atoms with van der Waals surface area (Å²) >= 11 is 0. The number of hydrogen-bond acceptors (Lipinski definition) is 6. The Kier molecular flexibility index (Phi) is 7.34. The second-order valence-corrected chi connectivity index (χ2v) is 8.96. The second-order valence-electron chi connectivity index (χ2n) is 7.01. The lowest BCUT2D eigenvalue weighted by atomic mass is 9.97. The van der Waals surface area contributed by atoms with Gasteiger partial charge in [-0.25, -0.2) is 8.42 Å². The molecule has 0 aliphatic rings. The molecule has 30 heavy (non-hydrogen) atoms. The Labute approximate surface area is 178 Å². The van der Waals surface area contributed by atoms with Gasteiger partial charge in [-0.3, -0.25) is 0 Å². The van der Waals surface area contributed by atoms with Crippen molar-refractivity contribution in [1.29, 1.82) is 0 Å². The summed E-state index contributed by atoms with van der Waals surface area (Å²) in [6, 6.07) is 14.3. The van der Waals surface area contributed by atoms with E-state index >= 15 is 0 Å². The molecule has 160 valence electrons. The molecular formula is C23H30N4O2S. The summed E-state index contributed by atoms with van der Waals surface area (Å²) in [7, 11) is -3.48. The van der Waals surface area contributed by atoms with E-state index in [-0.39, 0.29) is 9.79 Å². The predicted octanol–water partition coefficient (Wildman–Crippen LogP) is 3.97. The molecule has 6 nitrogen and oxygen atoms in total. The molecule has 0 aliphatic heterocycles. The Morgan fingerprint density at radius 3 is 1.50 bits per heavy atom. The van der Waals surface area contributed by atoms with Gasteiger partial charge in [0.25, 0.3) is 0 Å². The second kappa shape index (κ2) is 9.54. The molecule has 0 saturated heterocycles. The van der Waals surface area contributed by atoms with Gasteiger partial charge < -0.3 is 22.9 Å². The summed E-state index contributed by atoms with van der Waals surface area (Å²) in [6.45, 7) is 6.26. The largest absolute Gasteiger partial charge is 0.399 e. The zero-order chi connectivity index (χ0) is 22.5. The molecule has 0 bridgehead atoms. The predicted molar refractivity (Wildman–Crippen MR) is 126 cm³/mol. The fourth-order valence-electron chi connectivity index (χ4n) is 3.14. The minimum absolute atomic E-state index is 0.219. The highest BCUT2D eigenvalue weighted by molar-refractivity contribution is 7.91.